The molecule has 0 aliphatic rings. The van der Waals surface area contributed by atoms with Crippen LogP contribution in [0.5, 0.6) is 0 Å². The molecule has 1 amide bonds. The van der Waals surface area contributed by atoms with E-state index in [-0.39, 0.29) is 17.2 Å². The average molecular weight is 441 g/mol. The number of nitriles is 1. The predicted octanol–water partition coefficient (Wildman–Crippen LogP) is 4.55. The first kappa shape index (κ1) is 21.3. The molecule has 32 heavy (non-hydrogen) atoms. The zero-order valence-electron chi connectivity index (χ0n) is 17.4. The molecule has 0 saturated carbocycles. The van der Waals surface area contributed by atoms with Gasteiger partial charge in [0.1, 0.15) is 6.07 Å². The summed E-state index contributed by atoms with van der Waals surface area (Å²) in [6.45, 7) is 2.07. The fourth-order valence-corrected chi connectivity index (χ4v) is 4.14. The lowest BCUT2D eigenvalue weighted by Crippen LogP contribution is -2.23. The van der Waals surface area contributed by atoms with Crippen molar-refractivity contribution in [1.29, 1.82) is 5.26 Å². The number of benzene rings is 3. The molecule has 0 spiro atoms. The second-order valence-corrected chi connectivity index (χ2v) is 8.01. The first-order valence-electron chi connectivity index (χ1n) is 10.1. The van der Waals surface area contributed by atoms with Gasteiger partial charge in [0.05, 0.1) is 33.6 Å². The van der Waals surface area contributed by atoms with E-state index >= 15 is 0 Å². The van der Waals surface area contributed by atoms with E-state index in [0.717, 1.165) is 6.42 Å². The number of hydrogen-bond donors (Lipinski definition) is 1. The summed E-state index contributed by atoms with van der Waals surface area (Å²) in [5.74, 6) is -0.245. The molecule has 7 heteroatoms. The van der Waals surface area contributed by atoms with Gasteiger partial charge in [-0.2, -0.15) is 5.26 Å². The smallest absolute Gasteiger partial charge is 0.266 e. The molecule has 0 radical (unpaired) electrons. The number of thioether (sulfide) groups is 1. The number of aromatic nitrogens is 2. The van der Waals surface area contributed by atoms with Crippen molar-refractivity contribution in [2.24, 2.45) is 0 Å². The van der Waals surface area contributed by atoms with Crippen LogP contribution in [0.4, 0.5) is 5.69 Å². The van der Waals surface area contributed by atoms with Crippen LogP contribution in [0.1, 0.15) is 18.1 Å². The minimum atomic E-state index is -0.284. The van der Waals surface area contributed by atoms with Crippen molar-refractivity contribution in [1.82, 2.24) is 9.55 Å². The third-order valence-electron chi connectivity index (χ3n) is 5.00. The number of nitrogens with zero attached hydrogens (tertiary/aromatic N) is 3. The summed E-state index contributed by atoms with van der Waals surface area (Å²) in [5, 5.41) is 12.9. The molecule has 4 aromatic rings. The van der Waals surface area contributed by atoms with Gasteiger partial charge in [-0.1, -0.05) is 55.1 Å². The molecule has 1 N–H and O–H groups in total. The summed E-state index contributed by atoms with van der Waals surface area (Å²) >= 11 is 1.18. The highest BCUT2D eigenvalue weighted by Gasteiger charge is 2.15. The number of carbonyl (C=O) groups excluding carboxylic acids is 1. The molecular formula is C25H20N4O2S. The lowest BCUT2D eigenvalue weighted by molar-refractivity contribution is -0.113. The Kier molecular flexibility index (Phi) is 6.34. The predicted molar refractivity (Wildman–Crippen MR) is 127 cm³/mol. The van der Waals surface area contributed by atoms with Crippen molar-refractivity contribution in [3.8, 4) is 11.8 Å². The topological polar surface area (TPSA) is 87.8 Å². The quantitative estimate of drug-likeness (QED) is 0.351. The van der Waals surface area contributed by atoms with Crippen molar-refractivity contribution in [3.05, 3.63) is 94.3 Å². The summed E-state index contributed by atoms with van der Waals surface area (Å²) in [6, 6.07) is 23.8. The van der Waals surface area contributed by atoms with Crippen LogP contribution in [-0.4, -0.2) is 21.2 Å². The number of aryl methyl sites for hydroxylation is 1. The zero-order valence-corrected chi connectivity index (χ0v) is 18.2. The van der Waals surface area contributed by atoms with Crippen LogP contribution in [-0.2, 0) is 11.2 Å². The van der Waals surface area contributed by atoms with Crippen LogP contribution in [0.2, 0.25) is 0 Å². The van der Waals surface area contributed by atoms with Gasteiger partial charge in [0, 0.05) is 0 Å². The first-order valence-corrected chi connectivity index (χ1v) is 11.1. The van der Waals surface area contributed by atoms with Crippen LogP contribution in [0.3, 0.4) is 0 Å². The van der Waals surface area contributed by atoms with E-state index in [4.69, 9.17) is 0 Å². The molecule has 6 nitrogen and oxygen atoms in total. The zero-order chi connectivity index (χ0) is 22.5. The van der Waals surface area contributed by atoms with E-state index in [1.54, 1.807) is 41.0 Å². The number of hydrogen-bond acceptors (Lipinski definition) is 5. The van der Waals surface area contributed by atoms with Crippen molar-refractivity contribution in [2.75, 3.05) is 11.1 Å². The average Bonchev–Trinajstić information content (AvgIpc) is 2.83. The van der Waals surface area contributed by atoms with Gasteiger partial charge in [0.25, 0.3) is 5.56 Å². The Morgan fingerprint density at radius 3 is 2.53 bits per heavy atom. The van der Waals surface area contributed by atoms with Crippen molar-refractivity contribution >= 4 is 34.3 Å². The summed E-state index contributed by atoms with van der Waals surface area (Å²) in [7, 11) is 0. The van der Waals surface area contributed by atoms with E-state index in [2.05, 4.69) is 23.3 Å². The van der Waals surface area contributed by atoms with Gasteiger partial charge in [0.2, 0.25) is 5.91 Å². The van der Waals surface area contributed by atoms with E-state index in [1.165, 1.54) is 17.3 Å². The van der Waals surface area contributed by atoms with Gasteiger partial charge in [-0.25, -0.2) is 4.98 Å². The fraction of sp³-hybridized carbons (Fsp3) is 0.120. The summed E-state index contributed by atoms with van der Waals surface area (Å²) in [4.78, 5) is 30.5. The minimum absolute atomic E-state index is 0.0393. The number of rotatable bonds is 6. The van der Waals surface area contributed by atoms with Crippen LogP contribution in [0.15, 0.2) is 82.7 Å². The molecule has 0 aliphatic carbocycles. The van der Waals surface area contributed by atoms with E-state index in [9.17, 15) is 14.9 Å². The highest BCUT2D eigenvalue weighted by Crippen LogP contribution is 2.22. The number of carbonyl (C=O) groups is 1. The van der Waals surface area contributed by atoms with E-state index < -0.39 is 0 Å². The summed E-state index contributed by atoms with van der Waals surface area (Å²) in [6.07, 6.45) is 0.900. The minimum Gasteiger partial charge on any atom is -0.324 e. The SMILES string of the molecule is CCc1ccc(-n2c(SCC(=O)Nc3ccccc3C#N)nc3ccccc3c2=O)cc1. The Bertz CT molecular complexity index is 1390. The fourth-order valence-electron chi connectivity index (χ4n) is 3.32. The molecule has 3 aromatic carbocycles. The van der Waals surface area contributed by atoms with Gasteiger partial charge < -0.3 is 5.32 Å². The van der Waals surface area contributed by atoms with Crippen molar-refractivity contribution < 1.29 is 4.79 Å². The molecule has 0 fully saturated rings. The highest BCUT2D eigenvalue weighted by atomic mass is 32.2. The first-order chi connectivity index (χ1) is 15.6. The van der Waals surface area contributed by atoms with Crippen LogP contribution < -0.4 is 10.9 Å². The lowest BCUT2D eigenvalue weighted by atomic mass is 10.1. The van der Waals surface area contributed by atoms with Crippen molar-refractivity contribution in [2.45, 2.75) is 18.5 Å². The third-order valence-corrected chi connectivity index (χ3v) is 5.94. The van der Waals surface area contributed by atoms with Crippen LogP contribution >= 0.6 is 11.8 Å². The molecule has 0 unspecified atom stereocenters. The monoisotopic (exact) mass is 440 g/mol. The van der Waals surface area contributed by atoms with E-state index in [1.807, 2.05) is 36.4 Å². The number of amides is 1. The largest absolute Gasteiger partial charge is 0.324 e. The van der Waals surface area contributed by atoms with Gasteiger partial charge in [0.15, 0.2) is 5.16 Å². The normalized spacial score (nSPS) is 10.6. The Hall–Kier alpha value is -3.89. The molecular weight excluding hydrogens is 420 g/mol. The second-order valence-electron chi connectivity index (χ2n) is 7.07. The molecule has 0 saturated heterocycles. The van der Waals surface area contributed by atoms with E-state index in [0.29, 0.717) is 33.0 Å². The number of nitrogens with one attached hydrogen (secondary N) is 1. The third kappa shape index (κ3) is 4.41. The second kappa shape index (κ2) is 9.50. The molecule has 4 rings (SSSR count). The Morgan fingerprint density at radius 2 is 1.78 bits per heavy atom. The van der Waals surface area contributed by atoms with Gasteiger partial charge in [-0.3, -0.25) is 14.2 Å². The van der Waals surface area contributed by atoms with Crippen molar-refractivity contribution in [3.63, 3.8) is 0 Å². The Labute approximate surface area is 189 Å². The number of anilines is 1. The molecule has 0 aliphatic heterocycles. The van der Waals surface area contributed by atoms with Gasteiger partial charge in [-0.05, 0) is 48.4 Å². The standard InChI is InChI=1S/C25H20N4O2S/c1-2-17-11-13-19(14-12-17)29-24(31)20-8-4-6-10-22(20)28-25(29)32-16-23(30)27-21-9-5-3-7-18(21)15-26/h3-14H,2,16H2,1H3,(H,27,30). The summed E-state index contributed by atoms with van der Waals surface area (Å²) in [5.41, 5.74) is 3.11. The Morgan fingerprint density at radius 1 is 1.06 bits per heavy atom. The summed E-state index contributed by atoms with van der Waals surface area (Å²) < 4.78 is 1.54. The maximum absolute atomic E-state index is 13.3. The maximum Gasteiger partial charge on any atom is 0.266 e. The number of fused-ring (bicyclic) bond motifs is 1. The molecule has 1 heterocycles. The van der Waals surface area contributed by atoms with Gasteiger partial charge >= 0.3 is 0 Å². The molecule has 1 aromatic heterocycles. The van der Waals surface area contributed by atoms with Crippen LogP contribution in [0.25, 0.3) is 16.6 Å². The maximum atomic E-state index is 13.3. The number of para-hydroxylation sites is 2. The lowest BCUT2D eigenvalue weighted by Gasteiger charge is -2.14. The Balaban J connectivity index is 1.67. The molecule has 158 valence electrons. The highest BCUT2D eigenvalue weighted by molar-refractivity contribution is 7.99. The molecule has 0 bridgehead atoms. The van der Waals surface area contributed by atoms with Gasteiger partial charge in [-0.15, -0.1) is 0 Å². The van der Waals surface area contributed by atoms with Crippen LogP contribution in [0, 0.1) is 11.3 Å². The molecule has 0 atom stereocenters.